The fourth-order valence-electron chi connectivity index (χ4n) is 0.912. The zero-order valence-electron chi connectivity index (χ0n) is 6.77. The van der Waals surface area contributed by atoms with Gasteiger partial charge in [-0.25, -0.2) is 5.11 Å². The van der Waals surface area contributed by atoms with Crippen LogP contribution in [0.3, 0.4) is 0 Å². The van der Waals surface area contributed by atoms with Crippen LogP contribution in [0.5, 0.6) is 0 Å². The second-order valence-corrected chi connectivity index (χ2v) is 4.91. The first-order valence-electron chi connectivity index (χ1n) is 3.96. The van der Waals surface area contributed by atoms with Crippen LogP contribution >= 0.6 is 22.6 Å². The molecule has 0 spiro atoms. The maximum Gasteiger partial charge on any atom is 0.0940 e. The Bertz CT molecular complexity index is 73.7. The van der Waals surface area contributed by atoms with Crippen LogP contribution < -0.4 is 0 Å². The van der Waals surface area contributed by atoms with Crippen molar-refractivity contribution in [3.05, 3.63) is 0 Å². The van der Waals surface area contributed by atoms with E-state index in [0.29, 0.717) is 3.92 Å². The maximum absolute atomic E-state index is 11.1. The second-order valence-electron chi connectivity index (χ2n) is 2.78. The third-order valence-electron chi connectivity index (χ3n) is 1.47. The summed E-state index contributed by atoms with van der Waals surface area (Å²) in [5.41, 5.74) is 0. The van der Waals surface area contributed by atoms with Crippen molar-refractivity contribution >= 4 is 22.6 Å². The maximum atomic E-state index is 11.1. The van der Waals surface area contributed by atoms with Gasteiger partial charge in [0, 0.05) is 3.92 Å². The fraction of sp³-hybridized carbons (Fsp3) is 1.00. The number of hydrogen-bond acceptors (Lipinski definition) is 0. The van der Waals surface area contributed by atoms with Gasteiger partial charge in [-0.1, -0.05) is 49.3 Å². The molecule has 0 saturated carbocycles. The highest BCUT2D eigenvalue weighted by Gasteiger charge is 2.07. The predicted molar refractivity (Wildman–Crippen MR) is 52.1 cm³/mol. The molecule has 10 heavy (non-hydrogen) atoms. The second kappa shape index (κ2) is 6.40. The van der Waals surface area contributed by atoms with Gasteiger partial charge >= 0.3 is 0 Å². The minimum absolute atomic E-state index is 0.313. The van der Waals surface area contributed by atoms with Crippen molar-refractivity contribution in [2.45, 2.75) is 49.6 Å². The first-order chi connectivity index (χ1) is 4.66. The zero-order chi connectivity index (χ0) is 7.98. The van der Waals surface area contributed by atoms with Crippen molar-refractivity contribution in [2.24, 2.45) is 0 Å². The van der Waals surface area contributed by atoms with Gasteiger partial charge in [-0.05, 0) is 12.8 Å². The van der Waals surface area contributed by atoms with Crippen molar-refractivity contribution in [2.75, 3.05) is 0 Å². The van der Waals surface area contributed by atoms with Crippen LogP contribution in [-0.2, 0) is 5.11 Å². The molecule has 2 unspecified atom stereocenters. The van der Waals surface area contributed by atoms with Crippen molar-refractivity contribution in [3.63, 3.8) is 0 Å². The summed E-state index contributed by atoms with van der Waals surface area (Å²) in [7, 11) is 0. The Morgan fingerprint density at radius 2 is 2.10 bits per heavy atom. The molecule has 0 saturated heterocycles. The number of halogens is 1. The number of hydrogen-bond donors (Lipinski definition) is 0. The van der Waals surface area contributed by atoms with Gasteiger partial charge in [0.1, 0.15) is 0 Å². The van der Waals surface area contributed by atoms with E-state index in [0.717, 1.165) is 25.7 Å². The van der Waals surface area contributed by atoms with E-state index >= 15 is 0 Å². The third-order valence-corrected chi connectivity index (χ3v) is 1.98. The normalized spacial score (nSPS) is 16.8. The lowest BCUT2D eigenvalue weighted by molar-refractivity contribution is 0.0733. The molecule has 2 atom stereocenters. The lowest BCUT2D eigenvalue weighted by Crippen LogP contribution is -2.08. The van der Waals surface area contributed by atoms with E-state index in [4.69, 9.17) is 0 Å². The molecule has 1 radical (unpaired) electrons. The summed E-state index contributed by atoms with van der Waals surface area (Å²) in [6, 6.07) is 0. The average molecular weight is 255 g/mol. The van der Waals surface area contributed by atoms with Gasteiger partial charge in [0.25, 0.3) is 0 Å². The van der Waals surface area contributed by atoms with Crippen LogP contribution in [0.25, 0.3) is 0 Å². The molecule has 0 aromatic rings. The molecular formula is C8H16IO. The lowest BCUT2D eigenvalue weighted by Gasteiger charge is -2.08. The van der Waals surface area contributed by atoms with Crippen LogP contribution in [0.15, 0.2) is 0 Å². The van der Waals surface area contributed by atoms with Crippen LogP contribution in [0.4, 0.5) is 0 Å². The average Bonchev–Trinajstić information content (AvgIpc) is 1.82. The van der Waals surface area contributed by atoms with Crippen LogP contribution in [-0.4, -0.2) is 10.0 Å². The summed E-state index contributed by atoms with van der Waals surface area (Å²) >= 11 is 2.31. The van der Waals surface area contributed by atoms with Gasteiger partial charge in [0.05, 0.1) is 6.10 Å². The van der Waals surface area contributed by atoms with Gasteiger partial charge in [-0.2, -0.15) is 0 Å². The molecule has 1 nitrogen and oxygen atoms in total. The molecule has 61 valence electrons. The summed E-state index contributed by atoms with van der Waals surface area (Å²) in [5.74, 6) is 0. The molecule has 0 rings (SSSR count). The van der Waals surface area contributed by atoms with Crippen LogP contribution in [0, 0.1) is 0 Å². The molecule has 0 aromatic carbocycles. The van der Waals surface area contributed by atoms with Gasteiger partial charge in [0.15, 0.2) is 0 Å². The molecule has 0 aliphatic rings. The van der Waals surface area contributed by atoms with Gasteiger partial charge < -0.3 is 0 Å². The Morgan fingerprint density at radius 1 is 1.50 bits per heavy atom. The zero-order valence-corrected chi connectivity index (χ0v) is 8.93. The molecule has 0 heterocycles. The SMILES string of the molecule is CCCCC([O])CC(C)I. The molecule has 0 aliphatic heterocycles. The minimum Gasteiger partial charge on any atom is -0.233 e. The van der Waals surface area contributed by atoms with Gasteiger partial charge in [-0.15, -0.1) is 0 Å². The third kappa shape index (κ3) is 6.81. The van der Waals surface area contributed by atoms with E-state index in [1.54, 1.807) is 0 Å². The van der Waals surface area contributed by atoms with Crippen LogP contribution in [0.2, 0.25) is 0 Å². The minimum atomic E-state index is -0.313. The predicted octanol–water partition coefficient (Wildman–Crippen LogP) is 3.19. The lowest BCUT2D eigenvalue weighted by atomic mass is 10.1. The summed E-state index contributed by atoms with van der Waals surface area (Å²) < 4.78 is 0.539. The number of unbranched alkanes of at least 4 members (excludes halogenated alkanes) is 1. The Balaban J connectivity index is 3.16. The highest BCUT2D eigenvalue weighted by Crippen LogP contribution is 2.12. The highest BCUT2D eigenvalue weighted by molar-refractivity contribution is 14.1. The molecular weight excluding hydrogens is 239 g/mol. The quantitative estimate of drug-likeness (QED) is 0.531. The summed E-state index contributed by atoms with van der Waals surface area (Å²) in [5, 5.41) is 11.1. The Labute approximate surface area is 77.3 Å². The van der Waals surface area contributed by atoms with Gasteiger partial charge in [0.2, 0.25) is 0 Å². The first-order valence-corrected chi connectivity index (χ1v) is 5.21. The molecule has 0 N–H and O–H groups in total. The monoisotopic (exact) mass is 255 g/mol. The standard InChI is InChI=1S/C8H16IO/c1-3-4-5-8(10)6-7(2)9/h7-8H,3-6H2,1-2H3. The van der Waals surface area contributed by atoms with Crippen LogP contribution in [0.1, 0.15) is 39.5 Å². The summed E-state index contributed by atoms with van der Waals surface area (Å²) in [6.07, 6.45) is 3.63. The van der Waals surface area contributed by atoms with Gasteiger partial charge in [-0.3, -0.25) is 0 Å². The molecule has 0 aliphatic carbocycles. The van der Waals surface area contributed by atoms with Crippen molar-refractivity contribution in [3.8, 4) is 0 Å². The molecule has 0 bridgehead atoms. The van der Waals surface area contributed by atoms with E-state index in [-0.39, 0.29) is 6.10 Å². The molecule has 2 heteroatoms. The smallest absolute Gasteiger partial charge is 0.0940 e. The van der Waals surface area contributed by atoms with E-state index in [1.807, 2.05) is 0 Å². The van der Waals surface area contributed by atoms with E-state index < -0.39 is 0 Å². The summed E-state index contributed by atoms with van der Waals surface area (Å²) in [4.78, 5) is 0. The first kappa shape index (κ1) is 10.7. The van der Waals surface area contributed by atoms with Crippen molar-refractivity contribution < 1.29 is 5.11 Å². The Kier molecular flexibility index (Phi) is 6.85. The fourth-order valence-corrected chi connectivity index (χ4v) is 1.48. The highest BCUT2D eigenvalue weighted by atomic mass is 127. The molecule has 0 fully saturated rings. The van der Waals surface area contributed by atoms with Crippen molar-refractivity contribution in [1.29, 1.82) is 0 Å². The Hall–Kier alpha value is 0.690. The van der Waals surface area contributed by atoms with E-state index in [9.17, 15) is 5.11 Å². The number of alkyl halides is 1. The summed E-state index contributed by atoms with van der Waals surface area (Å²) in [6.45, 7) is 4.22. The topological polar surface area (TPSA) is 19.9 Å². The van der Waals surface area contributed by atoms with E-state index in [2.05, 4.69) is 36.4 Å². The number of rotatable bonds is 5. The largest absolute Gasteiger partial charge is 0.233 e. The Morgan fingerprint density at radius 3 is 2.50 bits per heavy atom. The van der Waals surface area contributed by atoms with Crippen molar-refractivity contribution in [1.82, 2.24) is 0 Å². The molecule has 0 aromatic heterocycles. The molecule has 0 amide bonds. The van der Waals surface area contributed by atoms with E-state index in [1.165, 1.54) is 0 Å².